The number of nitrogens with one attached hydrogen (secondary N) is 1. The Morgan fingerprint density at radius 2 is 1.94 bits per heavy atom. The Hall–Kier alpha value is -4.55. The lowest BCUT2D eigenvalue weighted by Gasteiger charge is -2.45. The topological polar surface area (TPSA) is 168 Å². The number of likely N-dealkylation sites (N-methyl/N-ethyl adjacent to an activating group) is 1. The molecule has 62 heavy (non-hydrogen) atoms. The van der Waals surface area contributed by atoms with E-state index in [0.29, 0.717) is 50.4 Å². The van der Waals surface area contributed by atoms with Crippen molar-refractivity contribution in [3.8, 4) is 22.5 Å². The number of cyclic esters (lactones) is 1. The van der Waals surface area contributed by atoms with Gasteiger partial charge < -0.3 is 29.6 Å². The van der Waals surface area contributed by atoms with Crippen LogP contribution >= 0.6 is 24.2 Å². The number of nitrogens with zero attached hydrogens (tertiary/aromatic N) is 7. The molecule has 0 unspecified atom stereocenters. The Morgan fingerprint density at radius 1 is 1.16 bits per heavy atom. The Bertz CT molecular complexity index is 2310. The van der Waals surface area contributed by atoms with E-state index in [2.05, 4.69) is 55.0 Å². The Morgan fingerprint density at radius 3 is 2.61 bits per heavy atom. The van der Waals surface area contributed by atoms with Crippen molar-refractivity contribution in [1.82, 2.24) is 39.1 Å². The Kier molecular flexibility index (Phi) is 13.7. The molecule has 334 valence electrons. The van der Waals surface area contributed by atoms with Crippen LogP contribution in [0.5, 0.6) is 0 Å². The molecular weight excluding hydrogens is 827 g/mol. The molecule has 0 aliphatic carbocycles. The number of esters is 1. The van der Waals surface area contributed by atoms with E-state index < -0.39 is 41.3 Å². The highest BCUT2D eigenvalue weighted by Gasteiger charge is 2.43. The van der Waals surface area contributed by atoms with Crippen LogP contribution in [0.1, 0.15) is 83.2 Å². The number of carbonyl (C=O) groups is 4. The highest BCUT2D eigenvalue weighted by atomic mass is 32.1. The number of benzene rings is 1. The second-order valence-corrected chi connectivity index (χ2v) is 19.2. The highest BCUT2D eigenvalue weighted by molar-refractivity contribution is 7.78. The average molecular weight is 888 g/mol. The number of rotatable bonds is 9. The number of ether oxygens (including phenoxy) is 2. The van der Waals surface area contributed by atoms with E-state index in [0.717, 1.165) is 55.4 Å². The van der Waals surface area contributed by atoms with Crippen LogP contribution in [0.25, 0.3) is 33.4 Å². The Balaban J connectivity index is 1.32. The summed E-state index contributed by atoms with van der Waals surface area (Å²) in [6.07, 6.45) is 3.98. The summed E-state index contributed by atoms with van der Waals surface area (Å²) in [5, 5.41) is 5.06. The molecule has 7 rings (SSSR count). The molecule has 4 amide bonds. The first kappa shape index (κ1) is 45.5. The molecule has 2 fully saturated rings. The van der Waals surface area contributed by atoms with Crippen LogP contribution < -0.4 is 11.2 Å². The fourth-order valence-corrected chi connectivity index (χ4v) is 10.2. The summed E-state index contributed by atoms with van der Waals surface area (Å²) in [5.41, 5.74) is 15.2. The van der Waals surface area contributed by atoms with Crippen LogP contribution in [0.3, 0.4) is 0 Å². The first-order valence-electron chi connectivity index (χ1n) is 21.7. The van der Waals surface area contributed by atoms with E-state index in [1.54, 1.807) is 25.3 Å². The molecular formula is C45H61N9O6S2. The van der Waals surface area contributed by atoms with E-state index in [1.807, 2.05) is 32.2 Å². The number of hydrogen-bond donors (Lipinski definition) is 3. The lowest BCUT2D eigenvalue weighted by molar-refractivity contribution is -0.156. The van der Waals surface area contributed by atoms with Gasteiger partial charge in [0.15, 0.2) is 0 Å². The minimum absolute atomic E-state index is 0.0510. The number of thiol groups is 1. The summed E-state index contributed by atoms with van der Waals surface area (Å²) in [7, 11) is 3.29. The predicted molar refractivity (Wildman–Crippen MR) is 243 cm³/mol. The summed E-state index contributed by atoms with van der Waals surface area (Å²) in [4.78, 5) is 69.8. The SMILES string of the molecule is CCn1c(-c2cccnc2[C@H](C)OC)c2c3cc(ccc31)-c1csc(n1)C[C@H](N(S)C(=O)[C@H](C(C)C)N(C)C(=O)N1CC[C@H]1CN)C(=O)N1CCC[C@H](N1)C(=O)OCC(C)(C)C2. The number of nitrogens with two attached hydrogens (primary N) is 1. The molecule has 0 radical (unpaired) electrons. The van der Waals surface area contributed by atoms with E-state index in [9.17, 15) is 19.2 Å². The summed E-state index contributed by atoms with van der Waals surface area (Å²) < 4.78 is 15.4. The zero-order valence-electron chi connectivity index (χ0n) is 37.1. The third kappa shape index (κ3) is 8.83. The minimum Gasteiger partial charge on any atom is -0.464 e. The van der Waals surface area contributed by atoms with Gasteiger partial charge in [-0.1, -0.05) is 46.6 Å². The monoisotopic (exact) mass is 887 g/mol. The van der Waals surface area contributed by atoms with Gasteiger partial charge in [0.05, 0.1) is 34.8 Å². The number of urea groups is 1. The molecule has 3 aliphatic rings. The average Bonchev–Trinajstić information content (AvgIpc) is 3.85. The summed E-state index contributed by atoms with van der Waals surface area (Å²) in [6, 6.07) is 7.19. The zero-order valence-corrected chi connectivity index (χ0v) is 38.8. The molecule has 3 aliphatic heterocycles. The fourth-order valence-electron chi connectivity index (χ4n) is 9.07. The molecule has 0 saturated carbocycles. The number of pyridine rings is 1. The van der Waals surface area contributed by atoms with Crippen molar-refractivity contribution in [2.45, 2.75) is 110 Å². The molecule has 2 saturated heterocycles. The molecule has 0 spiro atoms. The summed E-state index contributed by atoms with van der Waals surface area (Å²) in [5.74, 6) is -1.71. The summed E-state index contributed by atoms with van der Waals surface area (Å²) in [6.45, 7) is 14.1. The first-order chi connectivity index (χ1) is 29.6. The molecule has 17 heteroatoms. The highest BCUT2D eigenvalue weighted by Crippen LogP contribution is 2.42. The molecule has 6 bridgehead atoms. The second kappa shape index (κ2) is 18.7. The van der Waals surface area contributed by atoms with Crippen LogP contribution in [0.2, 0.25) is 0 Å². The first-order valence-corrected chi connectivity index (χ1v) is 22.9. The van der Waals surface area contributed by atoms with Gasteiger partial charge >= 0.3 is 12.0 Å². The van der Waals surface area contributed by atoms with Gasteiger partial charge in [0, 0.05) is 91.8 Å². The molecule has 3 N–H and O–H groups in total. The van der Waals surface area contributed by atoms with E-state index in [-0.39, 0.29) is 37.1 Å². The van der Waals surface area contributed by atoms with Gasteiger partial charge in [-0.2, -0.15) is 0 Å². The maximum Gasteiger partial charge on any atom is 0.324 e. The molecule has 4 aromatic rings. The number of thiazole rings is 1. The Labute approximate surface area is 373 Å². The third-order valence-electron chi connectivity index (χ3n) is 12.6. The summed E-state index contributed by atoms with van der Waals surface area (Å²) >= 11 is 6.17. The molecule has 15 nitrogen and oxygen atoms in total. The fraction of sp³-hybridized carbons (Fsp3) is 0.556. The van der Waals surface area contributed by atoms with Crippen LogP contribution in [-0.2, 0) is 43.2 Å². The number of fused-ring (bicyclic) bond motifs is 6. The second-order valence-electron chi connectivity index (χ2n) is 17.9. The molecule has 1 aromatic carbocycles. The van der Waals surface area contributed by atoms with Gasteiger partial charge in [-0.05, 0) is 75.3 Å². The predicted octanol–water partition coefficient (Wildman–Crippen LogP) is 5.87. The van der Waals surface area contributed by atoms with Gasteiger partial charge in [0.25, 0.3) is 11.8 Å². The van der Waals surface area contributed by atoms with E-state index >= 15 is 0 Å². The number of amides is 4. The van der Waals surface area contributed by atoms with Gasteiger partial charge in [-0.3, -0.25) is 28.7 Å². The van der Waals surface area contributed by atoms with Crippen molar-refractivity contribution in [1.29, 1.82) is 0 Å². The van der Waals surface area contributed by atoms with Crippen molar-refractivity contribution in [2.75, 3.05) is 40.4 Å². The number of methoxy groups -OCH3 is 1. The number of hydrazine groups is 1. The number of carbonyl (C=O) groups excluding carboxylic acids is 4. The van der Waals surface area contributed by atoms with Gasteiger partial charge in [0.2, 0.25) is 0 Å². The van der Waals surface area contributed by atoms with Crippen LogP contribution in [-0.4, -0.2) is 122 Å². The standard InChI is InChI=1S/C45H61N9O6S2/c1-9-51-35-15-14-28-20-31(35)32(40(51)30-12-10-17-47-38(30)27(4)59-8)22-45(5,6)25-60-43(57)33-13-11-18-53(49-33)41(55)36(21-37-48-34(28)24-62-37)54(61)42(56)39(26(2)3)50(7)44(58)52-19-16-29(52)23-46/h10,12,14-15,17,20,24,26-27,29,33,36,39,49,61H,9,11,13,16,18-19,21-23,25,46H2,1-8H3/t27-,29-,33-,36-,39-/m0/s1. The van der Waals surface area contributed by atoms with Crippen molar-refractivity contribution >= 4 is 58.9 Å². The van der Waals surface area contributed by atoms with Gasteiger partial charge in [-0.15, -0.1) is 11.3 Å². The maximum absolute atomic E-state index is 14.7. The molecule has 6 heterocycles. The van der Waals surface area contributed by atoms with E-state index in [4.69, 9.17) is 38.0 Å². The van der Waals surface area contributed by atoms with Crippen LogP contribution in [0.15, 0.2) is 41.9 Å². The molecule has 3 aromatic heterocycles. The molecule has 5 atom stereocenters. The quantitative estimate of drug-likeness (QED) is 0.137. The third-order valence-corrected chi connectivity index (χ3v) is 13.9. The minimum atomic E-state index is -1.13. The van der Waals surface area contributed by atoms with Crippen molar-refractivity contribution in [2.24, 2.45) is 17.1 Å². The number of aryl methyl sites for hydroxylation is 1. The van der Waals surface area contributed by atoms with Gasteiger partial charge in [0.1, 0.15) is 18.1 Å². The number of hydrogen-bond acceptors (Lipinski definition) is 12. The largest absolute Gasteiger partial charge is 0.464 e. The van der Waals surface area contributed by atoms with Crippen LogP contribution in [0, 0.1) is 11.3 Å². The smallest absolute Gasteiger partial charge is 0.324 e. The van der Waals surface area contributed by atoms with Crippen molar-refractivity contribution in [3.63, 3.8) is 0 Å². The lowest BCUT2D eigenvalue weighted by Crippen LogP contribution is -2.63. The van der Waals surface area contributed by atoms with Crippen molar-refractivity contribution < 1.29 is 28.7 Å². The maximum atomic E-state index is 14.7. The number of aromatic nitrogens is 3. The lowest BCUT2D eigenvalue weighted by atomic mass is 9.84. The van der Waals surface area contributed by atoms with Gasteiger partial charge in [-0.25, -0.2) is 15.2 Å². The van der Waals surface area contributed by atoms with E-state index in [1.165, 1.54) is 21.2 Å². The van der Waals surface area contributed by atoms with Crippen LogP contribution in [0.4, 0.5) is 4.79 Å². The normalized spacial score (nSPS) is 21.6. The van der Waals surface area contributed by atoms with Crippen molar-refractivity contribution in [3.05, 3.63) is 58.2 Å². The zero-order chi connectivity index (χ0) is 44.6. The number of likely N-dealkylation sites (tertiary alicyclic amines) is 1.